The molecule has 0 aliphatic heterocycles. The number of hydrogen-bond acceptors (Lipinski definition) is 4. The number of carbonyl (C=O) groups excluding carboxylic acids is 1. The molecule has 0 atom stereocenters. The first-order valence-electron chi connectivity index (χ1n) is 5.20. The van der Waals surface area contributed by atoms with Crippen LogP contribution in [0.2, 0.25) is 0 Å². The molecule has 1 amide bonds. The zero-order valence-electron chi connectivity index (χ0n) is 9.80. The number of rotatable bonds is 5. The van der Waals surface area contributed by atoms with Crippen LogP contribution in [-0.2, 0) is 14.6 Å². The Bertz CT molecular complexity index is 492. The van der Waals surface area contributed by atoms with Gasteiger partial charge in [-0.1, -0.05) is 0 Å². The molecule has 0 spiro atoms. The number of amides is 1. The maximum absolute atomic E-state index is 11.8. The number of hydrogen-bond donors (Lipinski definition) is 2. The number of nitrogens with one attached hydrogen (secondary N) is 1. The van der Waals surface area contributed by atoms with Crippen LogP contribution >= 0.6 is 0 Å². The molecule has 6 heteroatoms. The zero-order valence-corrected chi connectivity index (χ0v) is 10.6. The Kier molecular flexibility index (Phi) is 4.11. The van der Waals surface area contributed by atoms with E-state index in [0.717, 1.165) is 0 Å². The molecule has 0 saturated carbocycles. The highest BCUT2D eigenvalue weighted by Gasteiger charge is 2.18. The molecule has 0 aliphatic carbocycles. The molecule has 1 aromatic carbocycles. The summed E-state index contributed by atoms with van der Waals surface area (Å²) < 4.78 is 23.6. The molecular weight excluding hydrogens is 240 g/mol. The van der Waals surface area contributed by atoms with Gasteiger partial charge in [-0.05, 0) is 38.1 Å². The minimum absolute atomic E-state index is 0.0241. The highest BCUT2D eigenvalue weighted by molar-refractivity contribution is 7.92. The van der Waals surface area contributed by atoms with Crippen LogP contribution in [0.25, 0.3) is 0 Å². The summed E-state index contributed by atoms with van der Waals surface area (Å²) in [4.78, 5) is 10.8. The summed E-state index contributed by atoms with van der Waals surface area (Å²) in [5, 5.41) is 2.33. The van der Waals surface area contributed by atoms with Crippen molar-refractivity contribution in [3.63, 3.8) is 0 Å². The van der Waals surface area contributed by atoms with Gasteiger partial charge in [-0.15, -0.1) is 0 Å². The van der Waals surface area contributed by atoms with Gasteiger partial charge in [0.1, 0.15) is 0 Å². The average molecular weight is 256 g/mol. The minimum atomic E-state index is -3.24. The maximum atomic E-state index is 11.8. The Balaban J connectivity index is 2.85. The molecule has 0 aromatic heterocycles. The number of primary amides is 1. The summed E-state index contributed by atoms with van der Waals surface area (Å²) in [5.41, 5.74) is 5.64. The molecule has 0 saturated heterocycles. The smallest absolute Gasteiger partial charge is 0.236 e. The molecule has 0 radical (unpaired) electrons. The van der Waals surface area contributed by atoms with Crippen molar-refractivity contribution in [2.45, 2.75) is 24.0 Å². The second-order valence-electron chi connectivity index (χ2n) is 3.94. The van der Waals surface area contributed by atoms with Crippen molar-refractivity contribution in [1.29, 1.82) is 0 Å². The zero-order chi connectivity index (χ0) is 13.1. The lowest BCUT2D eigenvalue weighted by molar-refractivity contribution is -0.116. The van der Waals surface area contributed by atoms with Crippen molar-refractivity contribution in [2.75, 3.05) is 11.9 Å². The SMILES string of the molecule is CC(C)S(=O)(=O)c1ccc(NCC(N)=O)cc1. The Labute approximate surface area is 101 Å². The van der Waals surface area contributed by atoms with E-state index in [4.69, 9.17) is 5.73 Å². The summed E-state index contributed by atoms with van der Waals surface area (Å²) in [7, 11) is -3.24. The molecule has 0 bridgehead atoms. The number of carbonyl (C=O) groups is 1. The van der Waals surface area contributed by atoms with E-state index in [-0.39, 0.29) is 11.4 Å². The molecular formula is C11H16N2O3S. The number of nitrogens with two attached hydrogens (primary N) is 1. The molecule has 3 N–H and O–H groups in total. The van der Waals surface area contributed by atoms with Gasteiger partial charge in [0.15, 0.2) is 9.84 Å². The lowest BCUT2D eigenvalue weighted by atomic mass is 10.3. The monoisotopic (exact) mass is 256 g/mol. The van der Waals surface area contributed by atoms with Gasteiger partial charge in [-0.3, -0.25) is 4.79 Å². The molecule has 94 valence electrons. The standard InChI is InChI=1S/C11H16N2O3S/c1-8(2)17(15,16)10-5-3-9(4-6-10)13-7-11(12)14/h3-6,8,13H,7H2,1-2H3,(H2,12,14). The van der Waals surface area contributed by atoms with Crippen molar-refractivity contribution in [3.8, 4) is 0 Å². The molecule has 17 heavy (non-hydrogen) atoms. The van der Waals surface area contributed by atoms with E-state index in [1.54, 1.807) is 26.0 Å². The van der Waals surface area contributed by atoms with Crippen molar-refractivity contribution in [1.82, 2.24) is 0 Å². The molecule has 0 fully saturated rings. The Morgan fingerprint density at radius 2 is 1.82 bits per heavy atom. The van der Waals surface area contributed by atoms with E-state index in [2.05, 4.69) is 5.32 Å². The van der Waals surface area contributed by atoms with E-state index < -0.39 is 21.0 Å². The third-order valence-electron chi connectivity index (χ3n) is 2.27. The van der Waals surface area contributed by atoms with Gasteiger partial charge in [0.25, 0.3) is 0 Å². The minimum Gasteiger partial charge on any atom is -0.376 e. The fraction of sp³-hybridized carbons (Fsp3) is 0.364. The molecule has 1 rings (SSSR count). The second-order valence-corrected chi connectivity index (χ2v) is 6.44. The first-order chi connectivity index (χ1) is 7.84. The van der Waals surface area contributed by atoms with Crippen LogP contribution < -0.4 is 11.1 Å². The highest BCUT2D eigenvalue weighted by Crippen LogP contribution is 2.18. The fourth-order valence-electron chi connectivity index (χ4n) is 1.22. The first-order valence-corrected chi connectivity index (χ1v) is 6.75. The van der Waals surface area contributed by atoms with Crippen LogP contribution in [0.4, 0.5) is 5.69 Å². The fourth-order valence-corrected chi connectivity index (χ4v) is 2.28. The first kappa shape index (κ1) is 13.5. The number of anilines is 1. The van der Waals surface area contributed by atoms with Crippen molar-refractivity contribution < 1.29 is 13.2 Å². The quantitative estimate of drug-likeness (QED) is 0.814. The largest absolute Gasteiger partial charge is 0.376 e. The van der Waals surface area contributed by atoms with Crippen LogP contribution in [0.5, 0.6) is 0 Å². The van der Waals surface area contributed by atoms with E-state index >= 15 is 0 Å². The topological polar surface area (TPSA) is 89.3 Å². The van der Waals surface area contributed by atoms with Gasteiger partial charge in [0, 0.05) is 5.69 Å². The van der Waals surface area contributed by atoms with Crippen molar-refractivity contribution in [3.05, 3.63) is 24.3 Å². The maximum Gasteiger partial charge on any atom is 0.236 e. The highest BCUT2D eigenvalue weighted by atomic mass is 32.2. The Hall–Kier alpha value is -1.56. The molecule has 0 unspecified atom stereocenters. The molecule has 1 aromatic rings. The Morgan fingerprint density at radius 3 is 2.24 bits per heavy atom. The van der Waals surface area contributed by atoms with Crippen LogP contribution in [0.1, 0.15) is 13.8 Å². The molecule has 0 heterocycles. The lowest BCUT2D eigenvalue weighted by Crippen LogP contribution is -2.21. The Morgan fingerprint density at radius 1 is 1.29 bits per heavy atom. The summed E-state index contributed by atoms with van der Waals surface area (Å²) in [6.07, 6.45) is 0. The van der Waals surface area contributed by atoms with Crippen LogP contribution in [0, 0.1) is 0 Å². The summed E-state index contributed by atoms with van der Waals surface area (Å²) in [6, 6.07) is 6.24. The summed E-state index contributed by atoms with van der Waals surface area (Å²) >= 11 is 0. The van der Waals surface area contributed by atoms with E-state index in [0.29, 0.717) is 5.69 Å². The van der Waals surface area contributed by atoms with Gasteiger partial charge < -0.3 is 11.1 Å². The van der Waals surface area contributed by atoms with Crippen LogP contribution in [0.15, 0.2) is 29.2 Å². The number of sulfone groups is 1. The van der Waals surface area contributed by atoms with E-state index in [1.165, 1.54) is 12.1 Å². The predicted molar refractivity (Wildman–Crippen MR) is 66.4 cm³/mol. The van der Waals surface area contributed by atoms with E-state index in [1.807, 2.05) is 0 Å². The normalized spacial score (nSPS) is 11.5. The van der Waals surface area contributed by atoms with Gasteiger partial charge in [0.2, 0.25) is 5.91 Å². The summed E-state index contributed by atoms with van der Waals surface area (Å²) in [6.45, 7) is 3.29. The van der Waals surface area contributed by atoms with Crippen molar-refractivity contribution in [2.24, 2.45) is 5.73 Å². The third kappa shape index (κ3) is 3.45. The van der Waals surface area contributed by atoms with Gasteiger partial charge in [0.05, 0.1) is 16.7 Å². The van der Waals surface area contributed by atoms with Crippen LogP contribution in [-0.4, -0.2) is 26.1 Å². The second kappa shape index (κ2) is 5.18. The molecule has 0 aliphatic rings. The average Bonchev–Trinajstić information content (AvgIpc) is 2.26. The van der Waals surface area contributed by atoms with Gasteiger partial charge >= 0.3 is 0 Å². The molecule has 5 nitrogen and oxygen atoms in total. The van der Waals surface area contributed by atoms with Gasteiger partial charge in [-0.2, -0.15) is 0 Å². The van der Waals surface area contributed by atoms with Gasteiger partial charge in [-0.25, -0.2) is 8.42 Å². The number of benzene rings is 1. The van der Waals surface area contributed by atoms with Crippen LogP contribution in [0.3, 0.4) is 0 Å². The van der Waals surface area contributed by atoms with Crippen molar-refractivity contribution >= 4 is 21.4 Å². The third-order valence-corrected chi connectivity index (χ3v) is 4.44. The summed E-state index contributed by atoms with van der Waals surface area (Å²) in [5.74, 6) is -0.469. The lowest BCUT2D eigenvalue weighted by Gasteiger charge is -2.09. The predicted octanol–water partition coefficient (Wildman–Crippen LogP) is 0.766. The van der Waals surface area contributed by atoms with E-state index in [9.17, 15) is 13.2 Å².